The van der Waals surface area contributed by atoms with Crippen LogP contribution < -0.4 is 0 Å². The molecule has 1 aliphatic rings. The fourth-order valence-corrected chi connectivity index (χ4v) is 6.17. The zero-order valence-corrected chi connectivity index (χ0v) is 19.7. The summed E-state index contributed by atoms with van der Waals surface area (Å²) in [7, 11) is 0. The normalized spacial score (nSPS) is 23.1. The van der Waals surface area contributed by atoms with E-state index in [9.17, 15) is 9.90 Å². The maximum Gasteiger partial charge on any atom is 0.338 e. The van der Waals surface area contributed by atoms with E-state index in [0.29, 0.717) is 12.0 Å². The number of alkyl halides is 1. The van der Waals surface area contributed by atoms with E-state index in [-0.39, 0.29) is 36.5 Å². The Morgan fingerprint density at radius 1 is 1.16 bits per heavy atom. The van der Waals surface area contributed by atoms with E-state index in [1.54, 1.807) is 12.1 Å². The molecule has 0 saturated heterocycles. The quantitative estimate of drug-likeness (QED) is 0.319. The van der Waals surface area contributed by atoms with Crippen molar-refractivity contribution in [2.75, 3.05) is 19.0 Å². The molecule has 0 heterocycles. The van der Waals surface area contributed by atoms with Crippen LogP contribution in [-0.4, -0.2) is 46.6 Å². The van der Waals surface area contributed by atoms with Gasteiger partial charge in [-0.1, -0.05) is 24.3 Å². The Labute approximate surface area is 194 Å². The van der Waals surface area contributed by atoms with Crippen molar-refractivity contribution < 1.29 is 19.7 Å². The predicted octanol–water partition coefficient (Wildman–Crippen LogP) is 4.78. The number of hydrogen-bond acceptors (Lipinski definition) is 5. The van der Waals surface area contributed by atoms with Gasteiger partial charge in [0.1, 0.15) is 6.61 Å². The molecule has 2 aromatic rings. The molecule has 3 rings (SSSR count). The molecule has 0 aliphatic heterocycles. The summed E-state index contributed by atoms with van der Waals surface area (Å²) in [4.78, 5) is 13.1. The minimum atomic E-state index is -0.430. The van der Waals surface area contributed by atoms with Crippen LogP contribution in [0.3, 0.4) is 0 Å². The summed E-state index contributed by atoms with van der Waals surface area (Å²) in [5.74, 6) is 0.888. The summed E-state index contributed by atoms with van der Waals surface area (Å²) in [6.45, 7) is 4.10. The average molecular weight is 463 g/mol. The molecular formula is C25H31ClO4S. The molecule has 168 valence electrons. The van der Waals surface area contributed by atoms with E-state index in [1.807, 2.05) is 23.9 Å². The Hall–Kier alpha value is -1.53. The van der Waals surface area contributed by atoms with Gasteiger partial charge in [0.05, 0.1) is 18.3 Å². The molecule has 1 saturated carbocycles. The highest BCUT2D eigenvalue weighted by Crippen LogP contribution is 2.42. The van der Waals surface area contributed by atoms with Crippen LogP contribution in [0.2, 0.25) is 0 Å². The number of carbonyl (C=O) groups excluding carboxylic acids is 1. The van der Waals surface area contributed by atoms with Crippen LogP contribution in [0.1, 0.15) is 39.9 Å². The van der Waals surface area contributed by atoms with Crippen LogP contribution in [0, 0.1) is 25.7 Å². The highest BCUT2D eigenvalue weighted by Gasteiger charge is 2.41. The van der Waals surface area contributed by atoms with Crippen molar-refractivity contribution in [2.45, 2.75) is 49.5 Å². The third kappa shape index (κ3) is 6.26. The summed E-state index contributed by atoms with van der Waals surface area (Å²) in [6.07, 6.45) is 1.94. The van der Waals surface area contributed by atoms with Crippen LogP contribution >= 0.6 is 23.4 Å². The van der Waals surface area contributed by atoms with Crippen molar-refractivity contribution in [1.29, 1.82) is 0 Å². The van der Waals surface area contributed by atoms with Gasteiger partial charge in [0.2, 0.25) is 0 Å². The third-order valence-electron chi connectivity index (χ3n) is 6.24. The molecule has 0 bridgehead atoms. The number of esters is 1. The number of ether oxygens (including phenoxy) is 1. The lowest BCUT2D eigenvalue weighted by atomic mass is 9.89. The lowest BCUT2D eigenvalue weighted by Gasteiger charge is -2.23. The van der Waals surface area contributed by atoms with Gasteiger partial charge in [-0.2, -0.15) is 0 Å². The van der Waals surface area contributed by atoms with Gasteiger partial charge in [-0.3, -0.25) is 0 Å². The zero-order valence-electron chi connectivity index (χ0n) is 18.1. The highest BCUT2D eigenvalue weighted by atomic mass is 35.5. The fourth-order valence-electron chi connectivity index (χ4n) is 4.20. The largest absolute Gasteiger partial charge is 0.460 e. The van der Waals surface area contributed by atoms with E-state index in [0.717, 1.165) is 24.2 Å². The van der Waals surface area contributed by atoms with Crippen LogP contribution in [-0.2, 0) is 11.2 Å². The SMILES string of the molecule is Cc1cccc(SC[C@H]2C(Cl)CC(O)[C@@H]2CCc2ccc(C(=O)OCCO)cc2)c1C. The first-order chi connectivity index (χ1) is 14.9. The number of rotatable bonds is 9. The van der Waals surface area contributed by atoms with E-state index in [4.69, 9.17) is 21.4 Å². The fraction of sp³-hybridized carbons (Fsp3) is 0.480. The van der Waals surface area contributed by atoms with E-state index >= 15 is 0 Å². The van der Waals surface area contributed by atoms with Crippen molar-refractivity contribution in [2.24, 2.45) is 11.8 Å². The van der Waals surface area contributed by atoms with Gasteiger partial charge in [-0.05, 0) is 79.8 Å². The molecule has 6 heteroatoms. The second-order valence-corrected chi connectivity index (χ2v) is 9.87. The molecule has 0 aromatic heterocycles. The summed E-state index contributed by atoms with van der Waals surface area (Å²) < 4.78 is 4.94. The van der Waals surface area contributed by atoms with Crippen LogP contribution in [0.4, 0.5) is 0 Å². The second kappa shape index (κ2) is 11.4. The average Bonchev–Trinajstić information content (AvgIpc) is 3.04. The molecule has 4 nitrogen and oxygen atoms in total. The number of halogens is 1. The number of aliphatic hydroxyl groups excluding tert-OH is 2. The van der Waals surface area contributed by atoms with E-state index < -0.39 is 5.97 Å². The zero-order chi connectivity index (χ0) is 22.4. The van der Waals surface area contributed by atoms with Crippen LogP contribution in [0.15, 0.2) is 47.4 Å². The van der Waals surface area contributed by atoms with Gasteiger partial charge < -0.3 is 14.9 Å². The van der Waals surface area contributed by atoms with Crippen molar-refractivity contribution in [3.63, 3.8) is 0 Å². The Balaban J connectivity index is 1.58. The first-order valence-corrected chi connectivity index (χ1v) is 12.2. The van der Waals surface area contributed by atoms with Crippen molar-refractivity contribution in [3.8, 4) is 0 Å². The molecule has 1 fully saturated rings. The molecule has 1 aliphatic carbocycles. The van der Waals surface area contributed by atoms with Crippen molar-refractivity contribution in [1.82, 2.24) is 0 Å². The van der Waals surface area contributed by atoms with E-state index in [2.05, 4.69) is 32.0 Å². The molecule has 2 N–H and O–H groups in total. The molecule has 2 unspecified atom stereocenters. The molecule has 0 spiro atoms. The van der Waals surface area contributed by atoms with E-state index in [1.165, 1.54) is 16.0 Å². The van der Waals surface area contributed by atoms with Gasteiger partial charge in [0.25, 0.3) is 0 Å². The smallest absolute Gasteiger partial charge is 0.338 e. The summed E-state index contributed by atoms with van der Waals surface area (Å²) in [6, 6.07) is 13.7. The Bertz CT molecular complexity index is 870. The Morgan fingerprint density at radius 2 is 1.90 bits per heavy atom. The first-order valence-electron chi connectivity index (χ1n) is 10.8. The number of thioether (sulfide) groups is 1. The van der Waals surface area contributed by atoms with Gasteiger partial charge in [0.15, 0.2) is 0 Å². The van der Waals surface area contributed by atoms with Gasteiger partial charge in [-0.25, -0.2) is 4.79 Å². The molecule has 2 aromatic carbocycles. The molecule has 0 amide bonds. The monoisotopic (exact) mass is 462 g/mol. The van der Waals surface area contributed by atoms with Gasteiger partial charge >= 0.3 is 5.97 Å². The van der Waals surface area contributed by atoms with Gasteiger partial charge in [-0.15, -0.1) is 23.4 Å². The number of hydrogen-bond donors (Lipinski definition) is 2. The summed E-state index contributed by atoms with van der Waals surface area (Å²) in [5, 5.41) is 19.4. The third-order valence-corrected chi connectivity index (χ3v) is 8.05. The minimum absolute atomic E-state index is 0.00121. The number of benzene rings is 2. The number of carbonyl (C=O) groups is 1. The predicted molar refractivity (Wildman–Crippen MR) is 126 cm³/mol. The van der Waals surface area contributed by atoms with Crippen LogP contribution in [0.25, 0.3) is 0 Å². The maximum atomic E-state index is 11.9. The Morgan fingerprint density at radius 3 is 2.61 bits per heavy atom. The van der Waals surface area contributed by atoms with Crippen molar-refractivity contribution in [3.05, 3.63) is 64.7 Å². The second-order valence-electron chi connectivity index (χ2n) is 8.25. The Kier molecular flexibility index (Phi) is 8.85. The molecule has 0 radical (unpaired) electrons. The summed E-state index contributed by atoms with van der Waals surface area (Å²) >= 11 is 8.48. The number of aryl methyl sites for hydroxylation is 2. The van der Waals surface area contributed by atoms with Gasteiger partial charge in [0, 0.05) is 16.0 Å². The standard InChI is InChI=1S/C25H31ClO4S/c1-16-4-3-5-24(17(16)2)31-15-21-20(23(28)14-22(21)26)11-8-18-6-9-19(10-7-18)25(29)30-13-12-27/h3-7,9-10,20-23,27-28H,8,11-15H2,1-2H3/t20-,21-,22?,23?/m1/s1. The molecular weight excluding hydrogens is 432 g/mol. The maximum absolute atomic E-state index is 11.9. The lowest BCUT2D eigenvalue weighted by Crippen LogP contribution is -2.23. The van der Waals surface area contributed by atoms with Crippen LogP contribution in [0.5, 0.6) is 0 Å². The molecule has 31 heavy (non-hydrogen) atoms. The highest BCUT2D eigenvalue weighted by molar-refractivity contribution is 7.99. The first kappa shape index (κ1) is 24.1. The molecule has 4 atom stereocenters. The van der Waals surface area contributed by atoms with Crippen molar-refractivity contribution >= 4 is 29.3 Å². The lowest BCUT2D eigenvalue weighted by molar-refractivity contribution is 0.0433. The number of aliphatic hydroxyl groups is 2. The minimum Gasteiger partial charge on any atom is -0.460 e. The summed E-state index contributed by atoms with van der Waals surface area (Å²) in [5.41, 5.74) is 4.19. The topological polar surface area (TPSA) is 66.8 Å².